The minimum atomic E-state index is -0.127. The molecular formula is C27H31N2O+. The molecule has 0 unspecified atom stereocenters. The third kappa shape index (κ3) is 3.19. The first-order chi connectivity index (χ1) is 14.4. The number of hydrogen-bond acceptors (Lipinski definition) is 2. The van der Waals surface area contributed by atoms with E-state index in [0.29, 0.717) is 5.75 Å². The maximum absolute atomic E-state index is 10.6. The van der Waals surface area contributed by atoms with E-state index in [4.69, 9.17) is 0 Å². The fraction of sp³-hybridized carbons (Fsp3) is 0.296. The SMILES string of the molecule is CCN(CC)c1ccc(C=CC2=[N+](C)c3ccc4ccccc4c3C2(C)C)c(O)c1. The van der Waals surface area contributed by atoms with Gasteiger partial charge in [0.25, 0.3) is 0 Å². The highest BCUT2D eigenvalue weighted by Gasteiger charge is 2.44. The van der Waals surface area contributed by atoms with Crippen LogP contribution in [0.15, 0.2) is 60.7 Å². The average Bonchev–Trinajstić information content (AvgIpc) is 2.94. The van der Waals surface area contributed by atoms with E-state index in [-0.39, 0.29) is 5.41 Å². The molecule has 154 valence electrons. The summed E-state index contributed by atoms with van der Waals surface area (Å²) in [7, 11) is 2.13. The van der Waals surface area contributed by atoms with Crippen molar-refractivity contribution in [2.45, 2.75) is 33.1 Å². The van der Waals surface area contributed by atoms with Crippen molar-refractivity contribution in [1.82, 2.24) is 0 Å². The number of fused-ring (bicyclic) bond motifs is 3. The number of rotatable bonds is 5. The molecule has 1 heterocycles. The zero-order valence-electron chi connectivity index (χ0n) is 18.6. The largest absolute Gasteiger partial charge is 0.507 e. The second-order valence-corrected chi connectivity index (χ2v) is 8.50. The van der Waals surface area contributed by atoms with Crippen molar-refractivity contribution >= 4 is 33.9 Å². The van der Waals surface area contributed by atoms with Gasteiger partial charge in [-0.1, -0.05) is 24.3 Å². The van der Waals surface area contributed by atoms with Gasteiger partial charge < -0.3 is 10.0 Å². The van der Waals surface area contributed by atoms with Gasteiger partial charge in [-0.15, -0.1) is 0 Å². The van der Waals surface area contributed by atoms with Crippen LogP contribution in [-0.2, 0) is 5.41 Å². The molecule has 0 aromatic heterocycles. The van der Waals surface area contributed by atoms with Crippen LogP contribution in [0.2, 0.25) is 0 Å². The molecule has 3 nitrogen and oxygen atoms in total. The van der Waals surface area contributed by atoms with Crippen molar-refractivity contribution in [2.24, 2.45) is 0 Å². The van der Waals surface area contributed by atoms with E-state index < -0.39 is 0 Å². The van der Waals surface area contributed by atoms with Crippen molar-refractivity contribution in [3.63, 3.8) is 0 Å². The summed E-state index contributed by atoms with van der Waals surface area (Å²) in [6.45, 7) is 10.7. The van der Waals surface area contributed by atoms with E-state index in [1.165, 1.54) is 27.7 Å². The first-order valence-corrected chi connectivity index (χ1v) is 10.8. The third-order valence-corrected chi connectivity index (χ3v) is 6.46. The van der Waals surface area contributed by atoms with Crippen LogP contribution in [0, 0.1) is 0 Å². The van der Waals surface area contributed by atoms with Gasteiger partial charge in [-0.2, -0.15) is 4.58 Å². The summed E-state index contributed by atoms with van der Waals surface area (Å²) < 4.78 is 2.28. The number of benzene rings is 3. The van der Waals surface area contributed by atoms with E-state index in [1.807, 2.05) is 18.2 Å². The molecule has 0 amide bonds. The number of phenolic OH excluding ortho intramolecular Hbond substituents is 1. The Hall–Kier alpha value is -3.07. The normalized spacial score (nSPS) is 15.2. The molecule has 3 aromatic carbocycles. The quantitative estimate of drug-likeness (QED) is 0.524. The van der Waals surface area contributed by atoms with Gasteiger partial charge in [0.05, 0.1) is 5.41 Å². The van der Waals surface area contributed by atoms with E-state index in [2.05, 4.69) is 92.8 Å². The molecule has 1 N–H and O–H groups in total. The van der Waals surface area contributed by atoms with Crippen LogP contribution in [0.3, 0.4) is 0 Å². The molecule has 4 rings (SSSR count). The summed E-state index contributed by atoms with van der Waals surface area (Å²) in [6, 6.07) is 19.0. The lowest BCUT2D eigenvalue weighted by Crippen LogP contribution is -2.26. The first-order valence-electron chi connectivity index (χ1n) is 10.8. The molecule has 3 aromatic rings. The Balaban J connectivity index is 1.72. The summed E-state index contributed by atoms with van der Waals surface area (Å²) in [5.74, 6) is 0.317. The Bertz CT molecular complexity index is 1170. The third-order valence-electron chi connectivity index (χ3n) is 6.46. The Morgan fingerprint density at radius 3 is 2.40 bits per heavy atom. The summed E-state index contributed by atoms with van der Waals surface area (Å²) >= 11 is 0. The molecule has 3 heteroatoms. The summed E-state index contributed by atoms with van der Waals surface area (Å²) in [4.78, 5) is 2.23. The van der Waals surface area contributed by atoms with Gasteiger partial charge in [0, 0.05) is 48.1 Å². The molecule has 1 aliphatic rings. The van der Waals surface area contributed by atoms with Gasteiger partial charge >= 0.3 is 0 Å². The number of allylic oxidation sites excluding steroid dienone is 1. The van der Waals surface area contributed by atoms with Crippen molar-refractivity contribution in [3.8, 4) is 5.75 Å². The van der Waals surface area contributed by atoms with Gasteiger partial charge in [0.15, 0.2) is 5.71 Å². The Labute approximate surface area is 179 Å². The van der Waals surface area contributed by atoms with Gasteiger partial charge in [-0.3, -0.25) is 0 Å². The fourth-order valence-corrected chi connectivity index (χ4v) is 4.82. The maximum atomic E-state index is 10.6. The molecule has 0 spiro atoms. The maximum Gasteiger partial charge on any atom is 0.210 e. The van der Waals surface area contributed by atoms with Gasteiger partial charge in [-0.05, 0) is 62.7 Å². The lowest BCUT2D eigenvalue weighted by atomic mass is 9.79. The van der Waals surface area contributed by atoms with Gasteiger partial charge in [0.2, 0.25) is 5.69 Å². The summed E-state index contributed by atoms with van der Waals surface area (Å²) in [5, 5.41) is 13.2. The zero-order valence-corrected chi connectivity index (χ0v) is 18.6. The summed E-state index contributed by atoms with van der Waals surface area (Å²) in [6.07, 6.45) is 4.18. The van der Waals surface area contributed by atoms with Crippen LogP contribution < -0.4 is 4.90 Å². The smallest absolute Gasteiger partial charge is 0.210 e. The molecular weight excluding hydrogens is 368 g/mol. The highest BCUT2D eigenvalue weighted by molar-refractivity contribution is 6.09. The molecule has 30 heavy (non-hydrogen) atoms. The highest BCUT2D eigenvalue weighted by atomic mass is 16.3. The second-order valence-electron chi connectivity index (χ2n) is 8.50. The Morgan fingerprint density at radius 1 is 0.967 bits per heavy atom. The van der Waals surface area contributed by atoms with Crippen molar-refractivity contribution < 1.29 is 9.68 Å². The number of aromatic hydroxyl groups is 1. The lowest BCUT2D eigenvalue weighted by molar-refractivity contribution is -0.401. The molecule has 1 aliphatic heterocycles. The number of nitrogens with zero attached hydrogens (tertiary/aromatic N) is 2. The monoisotopic (exact) mass is 399 g/mol. The number of anilines is 1. The van der Waals surface area contributed by atoms with Crippen LogP contribution in [0.5, 0.6) is 5.75 Å². The van der Waals surface area contributed by atoms with Crippen LogP contribution in [0.1, 0.15) is 38.8 Å². The van der Waals surface area contributed by atoms with Gasteiger partial charge in [0.1, 0.15) is 12.8 Å². The zero-order chi connectivity index (χ0) is 21.5. The predicted molar refractivity (Wildman–Crippen MR) is 129 cm³/mol. The second kappa shape index (κ2) is 7.64. The van der Waals surface area contributed by atoms with Crippen LogP contribution in [0.4, 0.5) is 11.4 Å². The van der Waals surface area contributed by atoms with E-state index in [1.54, 1.807) is 0 Å². The fourth-order valence-electron chi connectivity index (χ4n) is 4.82. The molecule has 0 saturated carbocycles. The molecule has 0 bridgehead atoms. The van der Waals surface area contributed by atoms with Crippen molar-refractivity contribution in [2.75, 3.05) is 25.0 Å². The lowest BCUT2D eigenvalue weighted by Gasteiger charge is -2.21. The van der Waals surface area contributed by atoms with Crippen LogP contribution in [-0.4, -0.2) is 35.5 Å². The Kier molecular flexibility index (Phi) is 5.15. The van der Waals surface area contributed by atoms with Crippen molar-refractivity contribution in [3.05, 3.63) is 71.8 Å². The van der Waals surface area contributed by atoms with E-state index in [0.717, 1.165) is 24.3 Å². The Morgan fingerprint density at radius 2 is 1.70 bits per heavy atom. The average molecular weight is 400 g/mol. The van der Waals surface area contributed by atoms with E-state index >= 15 is 0 Å². The predicted octanol–water partition coefficient (Wildman–Crippen LogP) is 6.11. The standard InChI is InChI=1S/C27H30N2O/c1-6-29(7-2)21-15-12-20(24(30)18-21)14-17-25-27(3,4)26-22-11-9-8-10-19(22)13-16-23(26)28(25)5/h8-18H,6-7H2,1-5H3/p+1. The number of hydrogen-bond donors (Lipinski definition) is 1. The first kappa shape index (κ1) is 20.2. The van der Waals surface area contributed by atoms with Crippen molar-refractivity contribution in [1.29, 1.82) is 0 Å². The molecule has 0 atom stereocenters. The minimum absolute atomic E-state index is 0.127. The molecule has 0 radical (unpaired) electrons. The summed E-state index contributed by atoms with van der Waals surface area (Å²) in [5.41, 5.74) is 5.60. The molecule has 0 aliphatic carbocycles. The van der Waals surface area contributed by atoms with E-state index in [9.17, 15) is 5.11 Å². The van der Waals surface area contributed by atoms with Gasteiger partial charge in [-0.25, -0.2) is 0 Å². The minimum Gasteiger partial charge on any atom is -0.507 e. The van der Waals surface area contributed by atoms with Crippen LogP contribution in [0.25, 0.3) is 16.8 Å². The molecule has 0 saturated heterocycles. The highest BCUT2D eigenvalue weighted by Crippen LogP contribution is 2.43. The number of phenols is 1. The van der Waals surface area contributed by atoms with Crippen LogP contribution >= 0.6 is 0 Å². The topological polar surface area (TPSA) is 26.5 Å². The molecule has 0 fully saturated rings.